The number of halogens is 4. The van der Waals surface area contributed by atoms with E-state index in [9.17, 15) is 13.2 Å². The summed E-state index contributed by atoms with van der Waals surface area (Å²) in [6.07, 6.45) is -3.43. The molecule has 29 heavy (non-hydrogen) atoms. The van der Waals surface area contributed by atoms with E-state index in [0.29, 0.717) is 32.1 Å². The minimum atomic E-state index is -4.19. The van der Waals surface area contributed by atoms with E-state index in [2.05, 4.69) is 20.5 Å². The Morgan fingerprint density at radius 3 is 2.41 bits per heavy atom. The fourth-order valence-corrected chi connectivity index (χ4v) is 2.71. The standard InChI is InChI=1S/C20H27F3N4O.HI/c1-3-24-19(25-11-10-20(21,22)23)26-13-16-7-4-5-8-17(16)14-27(2)15-18-9-6-12-28-18;/h4-9,12H,3,10-11,13-15H2,1-2H3,(H2,24,25,26);1H. The Labute approximate surface area is 186 Å². The SMILES string of the molecule is CCNC(=NCc1ccccc1CN(C)Cc1ccco1)NCCC(F)(F)F.I. The van der Waals surface area contributed by atoms with Crippen molar-refractivity contribution >= 4 is 29.9 Å². The summed E-state index contributed by atoms with van der Waals surface area (Å²) < 4.78 is 42.4. The van der Waals surface area contributed by atoms with Crippen molar-refractivity contribution in [2.24, 2.45) is 4.99 Å². The highest BCUT2D eigenvalue weighted by atomic mass is 127. The van der Waals surface area contributed by atoms with Crippen LogP contribution >= 0.6 is 24.0 Å². The Bertz CT molecular complexity index is 736. The number of furan rings is 1. The maximum Gasteiger partial charge on any atom is 0.390 e. The van der Waals surface area contributed by atoms with Crippen LogP contribution in [0.1, 0.15) is 30.2 Å². The van der Waals surface area contributed by atoms with Gasteiger partial charge < -0.3 is 15.1 Å². The van der Waals surface area contributed by atoms with Crippen molar-refractivity contribution in [2.75, 3.05) is 20.1 Å². The molecule has 1 aromatic heterocycles. The highest BCUT2D eigenvalue weighted by Gasteiger charge is 2.26. The van der Waals surface area contributed by atoms with E-state index < -0.39 is 12.6 Å². The molecule has 0 amide bonds. The van der Waals surface area contributed by atoms with Gasteiger partial charge in [-0.05, 0) is 37.2 Å². The zero-order valence-electron chi connectivity index (χ0n) is 16.6. The summed E-state index contributed by atoms with van der Waals surface area (Å²) >= 11 is 0. The van der Waals surface area contributed by atoms with E-state index in [0.717, 1.165) is 16.9 Å². The van der Waals surface area contributed by atoms with Gasteiger partial charge in [0, 0.05) is 19.6 Å². The number of hydrogen-bond acceptors (Lipinski definition) is 3. The van der Waals surface area contributed by atoms with Crippen LogP contribution in [0.5, 0.6) is 0 Å². The topological polar surface area (TPSA) is 52.8 Å². The number of rotatable bonds is 9. The summed E-state index contributed by atoms with van der Waals surface area (Å²) in [6.45, 7) is 4.02. The predicted molar refractivity (Wildman–Crippen MR) is 119 cm³/mol. The molecule has 162 valence electrons. The van der Waals surface area contributed by atoms with E-state index >= 15 is 0 Å². The Kier molecular flexibility index (Phi) is 11.1. The second-order valence-electron chi connectivity index (χ2n) is 6.51. The molecule has 5 nitrogen and oxygen atoms in total. The van der Waals surface area contributed by atoms with E-state index in [4.69, 9.17) is 4.42 Å². The molecular formula is C20H28F3IN4O. The third-order valence-electron chi connectivity index (χ3n) is 4.02. The summed E-state index contributed by atoms with van der Waals surface area (Å²) in [5.41, 5.74) is 2.15. The highest BCUT2D eigenvalue weighted by molar-refractivity contribution is 14.0. The van der Waals surface area contributed by atoms with E-state index in [1.807, 2.05) is 50.4 Å². The lowest BCUT2D eigenvalue weighted by Gasteiger charge is -2.18. The van der Waals surface area contributed by atoms with E-state index in [-0.39, 0.29) is 30.5 Å². The molecule has 0 radical (unpaired) electrons. The van der Waals surface area contributed by atoms with Gasteiger partial charge in [-0.15, -0.1) is 24.0 Å². The van der Waals surface area contributed by atoms with Crippen molar-refractivity contribution < 1.29 is 17.6 Å². The van der Waals surface area contributed by atoms with Crippen molar-refractivity contribution in [1.82, 2.24) is 15.5 Å². The minimum absolute atomic E-state index is 0. The molecule has 0 spiro atoms. The van der Waals surface area contributed by atoms with Crippen LogP contribution in [0.3, 0.4) is 0 Å². The van der Waals surface area contributed by atoms with Crippen LogP contribution in [0.15, 0.2) is 52.1 Å². The van der Waals surface area contributed by atoms with Gasteiger partial charge in [-0.25, -0.2) is 4.99 Å². The zero-order valence-corrected chi connectivity index (χ0v) is 19.0. The van der Waals surface area contributed by atoms with Gasteiger partial charge in [0.1, 0.15) is 5.76 Å². The molecule has 2 N–H and O–H groups in total. The largest absolute Gasteiger partial charge is 0.468 e. The molecule has 0 aliphatic carbocycles. The fourth-order valence-electron chi connectivity index (χ4n) is 2.71. The van der Waals surface area contributed by atoms with Gasteiger partial charge in [-0.1, -0.05) is 24.3 Å². The van der Waals surface area contributed by atoms with E-state index in [1.54, 1.807) is 6.26 Å². The molecule has 2 rings (SSSR count). The number of guanidine groups is 1. The van der Waals surface area contributed by atoms with Gasteiger partial charge in [0.2, 0.25) is 0 Å². The molecule has 0 unspecified atom stereocenters. The van der Waals surface area contributed by atoms with Crippen LogP contribution in [0.25, 0.3) is 0 Å². The van der Waals surface area contributed by atoms with Crippen molar-refractivity contribution in [3.8, 4) is 0 Å². The number of aliphatic imine (C=N–C) groups is 1. The summed E-state index contributed by atoms with van der Waals surface area (Å²) in [6, 6.07) is 11.7. The number of benzene rings is 1. The normalized spacial score (nSPS) is 12.0. The lowest BCUT2D eigenvalue weighted by Crippen LogP contribution is -2.38. The lowest BCUT2D eigenvalue weighted by molar-refractivity contribution is -0.132. The number of alkyl halides is 3. The maximum atomic E-state index is 12.3. The van der Waals surface area contributed by atoms with Crippen LogP contribution in [0.2, 0.25) is 0 Å². The Morgan fingerprint density at radius 2 is 1.79 bits per heavy atom. The van der Waals surface area contributed by atoms with Crippen molar-refractivity contribution in [1.29, 1.82) is 0 Å². The number of nitrogens with zero attached hydrogens (tertiary/aromatic N) is 2. The highest BCUT2D eigenvalue weighted by Crippen LogP contribution is 2.18. The molecule has 0 fully saturated rings. The molecular weight excluding hydrogens is 496 g/mol. The number of nitrogens with one attached hydrogen (secondary N) is 2. The second-order valence-corrected chi connectivity index (χ2v) is 6.51. The van der Waals surface area contributed by atoms with Gasteiger partial charge in [0.15, 0.2) is 5.96 Å². The summed E-state index contributed by atoms with van der Waals surface area (Å²) in [5, 5.41) is 5.71. The van der Waals surface area contributed by atoms with Crippen LogP contribution in [0.4, 0.5) is 13.2 Å². The van der Waals surface area contributed by atoms with Crippen LogP contribution in [-0.2, 0) is 19.6 Å². The maximum absolute atomic E-state index is 12.3. The zero-order chi connectivity index (χ0) is 20.4. The Morgan fingerprint density at radius 1 is 1.07 bits per heavy atom. The van der Waals surface area contributed by atoms with Crippen LogP contribution < -0.4 is 10.6 Å². The summed E-state index contributed by atoms with van der Waals surface area (Å²) in [7, 11) is 2.01. The lowest BCUT2D eigenvalue weighted by atomic mass is 10.1. The van der Waals surface area contributed by atoms with Gasteiger partial charge in [0.25, 0.3) is 0 Å². The molecule has 0 bridgehead atoms. The molecule has 0 aliphatic rings. The minimum Gasteiger partial charge on any atom is -0.468 e. The first-order valence-corrected chi connectivity index (χ1v) is 9.24. The molecule has 9 heteroatoms. The molecule has 0 saturated carbocycles. The van der Waals surface area contributed by atoms with E-state index in [1.165, 1.54) is 0 Å². The van der Waals surface area contributed by atoms with Gasteiger partial charge >= 0.3 is 6.18 Å². The average molecular weight is 524 g/mol. The van der Waals surface area contributed by atoms with Crippen molar-refractivity contribution in [3.05, 3.63) is 59.5 Å². The third kappa shape index (κ3) is 10.0. The monoisotopic (exact) mass is 524 g/mol. The van der Waals surface area contributed by atoms with Crippen molar-refractivity contribution in [3.63, 3.8) is 0 Å². The fraction of sp³-hybridized carbons (Fsp3) is 0.450. The molecule has 0 aliphatic heterocycles. The molecule has 1 aromatic carbocycles. The average Bonchev–Trinajstić information content (AvgIpc) is 3.12. The first kappa shape index (κ1) is 25.3. The number of hydrogen-bond donors (Lipinski definition) is 2. The van der Waals surface area contributed by atoms with Gasteiger partial charge in [-0.3, -0.25) is 4.90 Å². The van der Waals surface area contributed by atoms with Crippen molar-refractivity contribution in [2.45, 2.75) is 39.2 Å². The quantitative estimate of drug-likeness (QED) is 0.288. The smallest absolute Gasteiger partial charge is 0.390 e. The first-order chi connectivity index (χ1) is 13.4. The summed E-state index contributed by atoms with van der Waals surface area (Å²) in [4.78, 5) is 6.57. The summed E-state index contributed by atoms with van der Waals surface area (Å²) in [5.74, 6) is 1.27. The van der Waals surface area contributed by atoms with Crippen LogP contribution in [0, 0.1) is 0 Å². The first-order valence-electron chi connectivity index (χ1n) is 9.24. The van der Waals surface area contributed by atoms with Gasteiger partial charge in [0.05, 0.1) is 25.8 Å². The predicted octanol–water partition coefficient (Wildman–Crippen LogP) is 4.54. The van der Waals surface area contributed by atoms with Crippen LogP contribution in [-0.4, -0.2) is 37.2 Å². The molecule has 1 heterocycles. The Balaban J connectivity index is 0.00000420. The molecule has 2 aromatic rings. The Hall–Kier alpha value is -1.75. The third-order valence-corrected chi connectivity index (χ3v) is 4.02. The second kappa shape index (κ2) is 12.7. The van der Waals surface area contributed by atoms with Gasteiger partial charge in [-0.2, -0.15) is 13.2 Å². The molecule has 0 saturated heterocycles. The molecule has 0 atom stereocenters.